The Morgan fingerprint density at radius 3 is 2.42 bits per heavy atom. The van der Waals surface area contributed by atoms with Gasteiger partial charge in [0.15, 0.2) is 0 Å². The van der Waals surface area contributed by atoms with Gasteiger partial charge >= 0.3 is 0 Å². The fourth-order valence-corrected chi connectivity index (χ4v) is 4.14. The van der Waals surface area contributed by atoms with Crippen LogP contribution in [-0.4, -0.2) is 47.5 Å². The number of pyridine rings is 1. The van der Waals surface area contributed by atoms with Crippen LogP contribution in [0.15, 0.2) is 18.2 Å². The van der Waals surface area contributed by atoms with Crippen LogP contribution in [0, 0.1) is 5.41 Å². The summed E-state index contributed by atoms with van der Waals surface area (Å²) in [5, 5.41) is 0. The van der Waals surface area contributed by atoms with Gasteiger partial charge in [-0.3, -0.25) is 4.90 Å². The van der Waals surface area contributed by atoms with Gasteiger partial charge in [0.05, 0.1) is 22.6 Å². The van der Waals surface area contributed by atoms with E-state index in [0.29, 0.717) is 5.41 Å². The zero-order valence-electron chi connectivity index (χ0n) is 17.3. The highest BCUT2D eigenvalue weighted by atomic mass is 15.3. The van der Waals surface area contributed by atoms with Crippen LogP contribution in [0.3, 0.4) is 0 Å². The van der Waals surface area contributed by atoms with Gasteiger partial charge in [0.25, 0.3) is 0 Å². The molecule has 0 bridgehead atoms. The molecule has 4 nitrogen and oxygen atoms in total. The second-order valence-corrected chi connectivity index (χ2v) is 9.21. The maximum absolute atomic E-state index is 6.32. The van der Waals surface area contributed by atoms with E-state index in [0.717, 1.165) is 62.6 Å². The molecule has 3 rings (SSSR count). The molecule has 1 aromatic rings. The van der Waals surface area contributed by atoms with E-state index in [4.69, 9.17) is 10.7 Å². The molecule has 26 heavy (non-hydrogen) atoms. The predicted molar refractivity (Wildman–Crippen MR) is 111 cm³/mol. The van der Waals surface area contributed by atoms with Gasteiger partial charge in [0, 0.05) is 26.2 Å². The van der Waals surface area contributed by atoms with E-state index in [2.05, 4.69) is 62.6 Å². The summed E-state index contributed by atoms with van der Waals surface area (Å²) in [5.74, 6) is 0. The number of hydrogen-bond donors (Lipinski definition) is 1. The number of nitrogens with two attached hydrogens (primary N) is 1. The third kappa shape index (κ3) is 3.96. The summed E-state index contributed by atoms with van der Waals surface area (Å²) in [4.78, 5) is 10.2. The molecule has 2 N–H and O–H groups in total. The standard InChI is InChI=1S/C22H36N4/c1-6-25-13-15-26(16-14-25)22(4,5)19-8-7-18(23)20(24-19)17-9-11-21(2,3)12-10-17/h7-9H,6,10-16,23H2,1-5H3. The minimum absolute atomic E-state index is 0.0726. The van der Waals surface area contributed by atoms with Gasteiger partial charge in [0.2, 0.25) is 0 Å². The SMILES string of the molecule is CCN1CCN(C(C)(C)c2ccc(N)c(C3=CCC(C)(C)CC3)n2)CC1. The summed E-state index contributed by atoms with van der Waals surface area (Å²) in [6.45, 7) is 17.1. The highest BCUT2D eigenvalue weighted by Gasteiger charge is 2.33. The molecule has 0 unspecified atom stereocenters. The summed E-state index contributed by atoms with van der Waals surface area (Å²) < 4.78 is 0. The Morgan fingerprint density at radius 1 is 1.15 bits per heavy atom. The normalized spacial score (nSPS) is 22.3. The Hall–Kier alpha value is -1.39. The largest absolute Gasteiger partial charge is 0.397 e. The molecule has 1 aromatic heterocycles. The molecule has 0 atom stereocenters. The van der Waals surface area contributed by atoms with Gasteiger partial charge in [-0.1, -0.05) is 26.8 Å². The van der Waals surface area contributed by atoms with Gasteiger partial charge in [-0.2, -0.15) is 0 Å². The lowest BCUT2D eigenvalue weighted by Gasteiger charge is -2.43. The van der Waals surface area contributed by atoms with Gasteiger partial charge in [-0.25, -0.2) is 4.98 Å². The van der Waals surface area contributed by atoms with E-state index in [9.17, 15) is 0 Å². The first-order chi connectivity index (χ1) is 12.2. The molecule has 0 radical (unpaired) electrons. The average Bonchev–Trinajstić information content (AvgIpc) is 2.62. The Labute approximate surface area is 159 Å². The van der Waals surface area contributed by atoms with E-state index in [1.165, 1.54) is 12.0 Å². The molecule has 0 saturated carbocycles. The van der Waals surface area contributed by atoms with Gasteiger partial charge in [-0.15, -0.1) is 0 Å². The van der Waals surface area contributed by atoms with Crippen LogP contribution in [0.4, 0.5) is 5.69 Å². The summed E-state index contributed by atoms with van der Waals surface area (Å²) in [5.41, 5.74) is 10.9. The number of nitrogen functional groups attached to an aromatic ring is 1. The van der Waals surface area contributed by atoms with Crippen molar-refractivity contribution >= 4 is 11.3 Å². The smallest absolute Gasteiger partial charge is 0.0891 e. The van der Waals surface area contributed by atoms with Crippen molar-refractivity contribution in [3.05, 3.63) is 29.6 Å². The Balaban J connectivity index is 1.84. The highest BCUT2D eigenvalue weighted by Crippen LogP contribution is 2.39. The van der Waals surface area contributed by atoms with Crippen LogP contribution in [-0.2, 0) is 5.54 Å². The minimum atomic E-state index is -0.0726. The lowest BCUT2D eigenvalue weighted by Crippen LogP contribution is -2.53. The fourth-order valence-electron chi connectivity index (χ4n) is 4.14. The van der Waals surface area contributed by atoms with E-state index >= 15 is 0 Å². The lowest BCUT2D eigenvalue weighted by atomic mass is 9.77. The molecule has 4 heteroatoms. The molecule has 144 valence electrons. The van der Waals surface area contributed by atoms with E-state index in [1.54, 1.807) is 0 Å². The first kappa shape index (κ1) is 19.4. The first-order valence-electron chi connectivity index (χ1n) is 10.2. The second-order valence-electron chi connectivity index (χ2n) is 9.21. The van der Waals surface area contributed by atoms with Crippen molar-refractivity contribution in [3.8, 4) is 0 Å². The van der Waals surface area contributed by atoms with Crippen molar-refractivity contribution < 1.29 is 0 Å². The van der Waals surface area contributed by atoms with E-state index in [1.807, 2.05) is 0 Å². The van der Waals surface area contributed by atoms with Crippen molar-refractivity contribution in [1.29, 1.82) is 0 Å². The fraction of sp³-hybridized carbons (Fsp3) is 0.682. The molecule has 1 aliphatic carbocycles. The maximum Gasteiger partial charge on any atom is 0.0891 e. The van der Waals surface area contributed by atoms with Crippen molar-refractivity contribution in [2.24, 2.45) is 5.41 Å². The van der Waals surface area contributed by atoms with Crippen LogP contribution < -0.4 is 5.73 Å². The maximum atomic E-state index is 6.32. The number of nitrogens with zero attached hydrogens (tertiary/aromatic N) is 3. The lowest BCUT2D eigenvalue weighted by molar-refractivity contribution is 0.0502. The van der Waals surface area contributed by atoms with Crippen molar-refractivity contribution in [2.45, 2.75) is 59.4 Å². The number of hydrogen-bond acceptors (Lipinski definition) is 4. The number of piperazine rings is 1. The van der Waals surface area contributed by atoms with E-state index < -0.39 is 0 Å². The number of allylic oxidation sites excluding steroid dienone is 2. The quantitative estimate of drug-likeness (QED) is 0.881. The van der Waals surface area contributed by atoms with Crippen LogP contribution in [0.5, 0.6) is 0 Å². The summed E-state index contributed by atoms with van der Waals surface area (Å²) in [6.07, 6.45) is 5.74. The third-order valence-corrected chi connectivity index (χ3v) is 6.44. The summed E-state index contributed by atoms with van der Waals surface area (Å²) in [6, 6.07) is 4.18. The number of likely N-dealkylation sites (N-methyl/N-ethyl adjacent to an activating group) is 1. The number of aromatic nitrogens is 1. The summed E-state index contributed by atoms with van der Waals surface area (Å²) >= 11 is 0. The predicted octanol–water partition coefficient (Wildman–Crippen LogP) is 4.13. The topological polar surface area (TPSA) is 45.4 Å². The Morgan fingerprint density at radius 2 is 1.85 bits per heavy atom. The second kappa shape index (κ2) is 7.32. The van der Waals surface area contributed by atoms with Crippen molar-refractivity contribution in [1.82, 2.24) is 14.8 Å². The third-order valence-electron chi connectivity index (χ3n) is 6.44. The van der Waals surface area contributed by atoms with E-state index in [-0.39, 0.29) is 5.54 Å². The first-order valence-corrected chi connectivity index (χ1v) is 10.2. The molecule has 1 aliphatic heterocycles. The molecule has 0 spiro atoms. The van der Waals surface area contributed by atoms with Gasteiger partial charge in [-0.05, 0) is 62.8 Å². The van der Waals surface area contributed by atoms with Crippen LogP contribution in [0.2, 0.25) is 0 Å². The molecule has 2 heterocycles. The van der Waals surface area contributed by atoms with Crippen LogP contribution in [0.1, 0.15) is 65.3 Å². The van der Waals surface area contributed by atoms with Gasteiger partial charge < -0.3 is 10.6 Å². The minimum Gasteiger partial charge on any atom is -0.397 e. The zero-order chi connectivity index (χ0) is 18.9. The molecule has 1 saturated heterocycles. The van der Waals surface area contributed by atoms with Gasteiger partial charge in [0.1, 0.15) is 0 Å². The Kier molecular flexibility index (Phi) is 5.45. The molecular formula is C22H36N4. The average molecular weight is 357 g/mol. The molecule has 0 aromatic carbocycles. The summed E-state index contributed by atoms with van der Waals surface area (Å²) in [7, 11) is 0. The number of anilines is 1. The zero-order valence-corrected chi connectivity index (χ0v) is 17.3. The van der Waals surface area contributed by atoms with Crippen molar-refractivity contribution in [2.75, 3.05) is 38.5 Å². The van der Waals surface area contributed by atoms with Crippen LogP contribution >= 0.6 is 0 Å². The number of rotatable bonds is 4. The van der Waals surface area contributed by atoms with Crippen molar-refractivity contribution in [3.63, 3.8) is 0 Å². The molecule has 2 aliphatic rings. The molecular weight excluding hydrogens is 320 g/mol. The molecule has 1 fully saturated rings. The monoisotopic (exact) mass is 356 g/mol. The Bertz CT molecular complexity index is 667. The highest BCUT2D eigenvalue weighted by molar-refractivity contribution is 5.73. The molecule has 0 amide bonds. The van der Waals surface area contributed by atoms with Crippen LogP contribution in [0.25, 0.3) is 5.57 Å².